The lowest BCUT2D eigenvalue weighted by Crippen LogP contribution is -2.29. The summed E-state index contributed by atoms with van der Waals surface area (Å²) in [4.78, 5) is 23.5. The Hall–Kier alpha value is -2.11. The quantitative estimate of drug-likeness (QED) is 0.761. The van der Waals surface area contributed by atoms with E-state index in [-0.39, 0.29) is 6.42 Å². The van der Waals surface area contributed by atoms with Gasteiger partial charge in [0.2, 0.25) is 11.8 Å². The smallest absolute Gasteiger partial charge is 0.233 e. The maximum atomic E-state index is 13.0. The zero-order valence-corrected chi connectivity index (χ0v) is 14.1. The van der Waals surface area contributed by atoms with E-state index < -0.39 is 17.6 Å². The number of halogens is 3. The average molecular weight is 369 g/mol. The van der Waals surface area contributed by atoms with Crippen molar-refractivity contribution in [3.63, 3.8) is 0 Å². The Labute approximate surface area is 149 Å². The van der Waals surface area contributed by atoms with Gasteiger partial charge in [-0.25, -0.2) is 4.39 Å². The van der Waals surface area contributed by atoms with Gasteiger partial charge in [0.25, 0.3) is 0 Å². The molecule has 2 amide bonds. The van der Waals surface area contributed by atoms with Crippen LogP contribution < -0.4 is 10.6 Å². The standard InChI is InChI=1S/C17H15Cl2FN2O2/c18-12-5-4-11(15(19)8-12)6-7-21-16(23)10-17(24)22-14-3-1-2-13(20)9-14/h1-5,8-9H,6-7,10H2,(H,21,23)(H,22,24). The molecule has 2 N–H and O–H groups in total. The van der Waals surface area contributed by atoms with E-state index in [2.05, 4.69) is 10.6 Å². The molecule has 4 nitrogen and oxygen atoms in total. The molecule has 0 heterocycles. The van der Waals surface area contributed by atoms with Crippen LogP contribution in [0.25, 0.3) is 0 Å². The summed E-state index contributed by atoms with van der Waals surface area (Å²) in [5.41, 5.74) is 1.16. The normalized spacial score (nSPS) is 10.3. The van der Waals surface area contributed by atoms with Crippen molar-refractivity contribution in [1.29, 1.82) is 0 Å². The fourth-order valence-electron chi connectivity index (χ4n) is 2.04. The Morgan fingerprint density at radius 3 is 2.54 bits per heavy atom. The van der Waals surface area contributed by atoms with E-state index in [0.717, 1.165) is 5.56 Å². The van der Waals surface area contributed by atoms with Crippen LogP contribution in [0.15, 0.2) is 42.5 Å². The van der Waals surface area contributed by atoms with E-state index in [1.54, 1.807) is 24.3 Å². The number of carbonyl (C=O) groups excluding carboxylic acids is 2. The van der Waals surface area contributed by atoms with Gasteiger partial charge >= 0.3 is 0 Å². The molecule has 126 valence electrons. The van der Waals surface area contributed by atoms with Gasteiger partial charge in [0.15, 0.2) is 0 Å². The monoisotopic (exact) mass is 368 g/mol. The van der Waals surface area contributed by atoms with Gasteiger partial charge in [0, 0.05) is 22.3 Å². The van der Waals surface area contributed by atoms with Crippen LogP contribution in [0.2, 0.25) is 10.0 Å². The van der Waals surface area contributed by atoms with Crippen LogP contribution in [-0.2, 0) is 16.0 Å². The van der Waals surface area contributed by atoms with E-state index in [1.807, 2.05) is 0 Å². The Morgan fingerprint density at radius 2 is 1.83 bits per heavy atom. The fraction of sp³-hybridized carbons (Fsp3) is 0.176. The van der Waals surface area contributed by atoms with E-state index in [4.69, 9.17) is 23.2 Å². The van der Waals surface area contributed by atoms with Gasteiger partial charge in [-0.1, -0.05) is 35.3 Å². The van der Waals surface area contributed by atoms with E-state index in [0.29, 0.717) is 28.7 Å². The van der Waals surface area contributed by atoms with Gasteiger partial charge in [0.1, 0.15) is 12.2 Å². The molecule has 0 atom stereocenters. The van der Waals surface area contributed by atoms with Crippen LogP contribution in [-0.4, -0.2) is 18.4 Å². The van der Waals surface area contributed by atoms with Crippen LogP contribution in [0.3, 0.4) is 0 Å². The van der Waals surface area contributed by atoms with E-state index in [1.165, 1.54) is 18.2 Å². The largest absolute Gasteiger partial charge is 0.355 e. The second kappa shape index (κ2) is 8.66. The second-order valence-corrected chi connectivity index (χ2v) is 5.91. The highest BCUT2D eigenvalue weighted by molar-refractivity contribution is 6.35. The van der Waals surface area contributed by atoms with E-state index >= 15 is 0 Å². The molecule has 0 aliphatic carbocycles. The van der Waals surface area contributed by atoms with Crippen LogP contribution in [0.5, 0.6) is 0 Å². The maximum absolute atomic E-state index is 13.0. The topological polar surface area (TPSA) is 58.2 Å². The van der Waals surface area contributed by atoms with Crippen molar-refractivity contribution >= 4 is 40.7 Å². The number of hydrogen-bond acceptors (Lipinski definition) is 2. The molecule has 0 bridgehead atoms. The molecule has 0 fully saturated rings. The third-order valence-electron chi connectivity index (χ3n) is 3.16. The van der Waals surface area contributed by atoms with Crippen LogP contribution in [0.4, 0.5) is 10.1 Å². The predicted molar refractivity (Wildman–Crippen MR) is 92.8 cm³/mol. The van der Waals surface area contributed by atoms with Crippen molar-refractivity contribution in [3.05, 3.63) is 63.9 Å². The first-order chi connectivity index (χ1) is 11.4. The van der Waals surface area contributed by atoms with Crippen molar-refractivity contribution in [1.82, 2.24) is 5.32 Å². The Bertz CT molecular complexity index is 753. The zero-order valence-electron chi connectivity index (χ0n) is 12.6. The number of benzene rings is 2. The van der Waals surface area contributed by atoms with Crippen LogP contribution in [0, 0.1) is 5.82 Å². The summed E-state index contributed by atoms with van der Waals surface area (Å²) in [6.07, 6.45) is 0.179. The summed E-state index contributed by atoms with van der Waals surface area (Å²) in [6.45, 7) is 0.341. The highest BCUT2D eigenvalue weighted by Crippen LogP contribution is 2.21. The first-order valence-corrected chi connectivity index (χ1v) is 7.95. The first kappa shape index (κ1) is 18.2. The van der Waals surface area contributed by atoms with Gasteiger partial charge in [-0.3, -0.25) is 9.59 Å². The molecule has 0 saturated heterocycles. The maximum Gasteiger partial charge on any atom is 0.233 e. The lowest BCUT2D eigenvalue weighted by atomic mass is 10.1. The molecule has 0 radical (unpaired) electrons. The minimum Gasteiger partial charge on any atom is -0.355 e. The molecular formula is C17H15Cl2FN2O2. The number of rotatable bonds is 6. The minimum absolute atomic E-state index is 0.306. The molecule has 0 aliphatic rings. The van der Waals surface area contributed by atoms with Gasteiger partial charge in [-0.15, -0.1) is 0 Å². The highest BCUT2D eigenvalue weighted by atomic mass is 35.5. The molecular weight excluding hydrogens is 354 g/mol. The molecule has 2 rings (SSSR count). The average Bonchev–Trinajstić information content (AvgIpc) is 2.49. The summed E-state index contributed by atoms with van der Waals surface area (Å²) in [7, 11) is 0. The van der Waals surface area contributed by atoms with Crippen molar-refractivity contribution in [2.75, 3.05) is 11.9 Å². The molecule has 2 aromatic carbocycles. The molecule has 2 aromatic rings. The number of hydrogen-bond donors (Lipinski definition) is 2. The molecule has 7 heteroatoms. The van der Waals surface area contributed by atoms with Gasteiger partial charge in [-0.2, -0.15) is 0 Å². The van der Waals surface area contributed by atoms with Gasteiger partial charge in [0.05, 0.1) is 0 Å². The minimum atomic E-state index is -0.511. The Morgan fingerprint density at radius 1 is 1.04 bits per heavy atom. The lowest BCUT2D eigenvalue weighted by Gasteiger charge is -2.08. The molecule has 0 saturated carbocycles. The summed E-state index contributed by atoms with van der Waals surface area (Å²) < 4.78 is 13.0. The highest BCUT2D eigenvalue weighted by Gasteiger charge is 2.10. The van der Waals surface area contributed by atoms with Crippen molar-refractivity contribution in [2.45, 2.75) is 12.8 Å². The second-order valence-electron chi connectivity index (χ2n) is 5.07. The summed E-state index contributed by atoms with van der Waals surface area (Å²) in [5, 5.41) is 6.17. The first-order valence-electron chi connectivity index (χ1n) is 7.20. The lowest BCUT2D eigenvalue weighted by molar-refractivity contribution is -0.126. The molecule has 0 aliphatic heterocycles. The van der Waals surface area contributed by atoms with Crippen molar-refractivity contribution < 1.29 is 14.0 Å². The number of amides is 2. The van der Waals surface area contributed by atoms with Gasteiger partial charge in [-0.05, 0) is 42.3 Å². The third-order valence-corrected chi connectivity index (χ3v) is 3.75. The molecule has 0 unspecified atom stereocenters. The Kier molecular flexibility index (Phi) is 6.58. The number of nitrogens with one attached hydrogen (secondary N) is 2. The van der Waals surface area contributed by atoms with Crippen molar-refractivity contribution in [2.24, 2.45) is 0 Å². The summed E-state index contributed by atoms with van der Waals surface area (Å²) in [5.74, 6) is -1.39. The van der Waals surface area contributed by atoms with Crippen LogP contribution >= 0.6 is 23.2 Å². The number of carbonyl (C=O) groups is 2. The van der Waals surface area contributed by atoms with Crippen LogP contribution in [0.1, 0.15) is 12.0 Å². The predicted octanol–water partition coefficient (Wildman–Crippen LogP) is 3.82. The SMILES string of the molecule is O=C(CC(=O)Nc1cccc(F)c1)NCCc1ccc(Cl)cc1Cl. The zero-order chi connectivity index (χ0) is 17.5. The molecule has 0 aromatic heterocycles. The third kappa shape index (κ3) is 5.83. The number of anilines is 1. The molecule has 24 heavy (non-hydrogen) atoms. The summed E-state index contributed by atoms with van der Waals surface area (Å²) in [6, 6.07) is 10.6. The van der Waals surface area contributed by atoms with Gasteiger partial charge < -0.3 is 10.6 Å². The summed E-state index contributed by atoms with van der Waals surface area (Å²) >= 11 is 11.9. The molecule has 0 spiro atoms. The fourth-order valence-corrected chi connectivity index (χ4v) is 2.54. The van der Waals surface area contributed by atoms with Crippen molar-refractivity contribution in [3.8, 4) is 0 Å². The Balaban J connectivity index is 1.75. The van der Waals surface area contributed by atoms with E-state index in [9.17, 15) is 14.0 Å².